The third-order valence-electron chi connectivity index (χ3n) is 3.96. The first kappa shape index (κ1) is 32.5. The Bertz CT molecular complexity index is 488. The van der Waals surface area contributed by atoms with Gasteiger partial charge in [-0.3, -0.25) is 14.1 Å². The van der Waals surface area contributed by atoms with Crippen molar-refractivity contribution in [3.05, 3.63) is 0 Å². The number of rotatable bonds is 15. The van der Waals surface area contributed by atoms with E-state index in [4.69, 9.17) is 15.4 Å². The van der Waals surface area contributed by atoms with Crippen molar-refractivity contribution in [2.45, 2.75) is 77.6 Å². The second-order valence-corrected chi connectivity index (χ2v) is 8.18. The zero-order valence-electron chi connectivity index (χ0n) is 16.9. The molecular weight excluding hydrogens is 395 g/mol. The molecule has 1 amide bonds. The van der Waals surface area contributed by atoms with Crippen LogP contribution >= 0.6 is 0 Å². The molecule has 0 aromatic heterocycles. The fraction of sp³-hybridized carbons (Fsp3) is 0.889. The first-order chi connectivity index (χ1) is 12.6. The van der Waals surface area contributed by atoms with Crippen LogP contribution in [0.15, 0.2) is 0 Å². The van der Waals surface area contributed by atoms with Crippen molar-refractivity contribution in [1.29, 1.82) is 0 Å². The van der Waals surface area contributed by atoms with Crippen molar-refractivity contribution in [2.75, 3.05) is 25.9 Å². The van der Waals surface area contributed by atoms with E-state index >= 15 is 0 Å². The molecule has 10 heteroatoms. The van der Waals surface area contributed by atoms with Gasteiger partial charge >= 0.3 is 35.5 Å². The van der Waals surface area contributed by atoms with Gasteiger partial charge in [-0.1, -0.05) is 58.3 Å². The summed E-state index contributed by atoms with van der Waals surface area (Å²) in [5.41, 5.74) is 4.78. The van der Waals surface area contributed by atoms with Gasteiger partial charge in [0.2, 0.25) is 5.91 Å². The number of carbonyl (C=O) groups is 2. The summed E-state index contributed by atoms with van der Waals surface area (Å²) < 4.78 is 27.3. The van der Waals surface area contributed by atoms with Crippen molar-refractivity contribution in [3.8, 4) is 0 Å². The van der Waals surface area contributed by atoms with E-state index in [1.165, 1.54) is 49.8 Å². The molecule has 0 spiro atoms. The molecule has 0 aliphatic rings. The van der Waals surface area contributed by atoms with E-state index in [0.717, 1.165) is 12.8 Å². The fourth-order valence-corrected chi connectivity index (χ4v) is 2.61. The summed E-state index contributed by atoms with van der Waals surface area (Å²) in [5, 5.41) is 8.56. The van der Waals surface area contributed by atoms with Gasteiger partial charge in [-0.2, -0.15) is 8.42 Å². The summed E-state index contributed by atoms with van der Waals surface area (Å²) >= 11 is 0. The summed E-state index contributed by atoms with van der Waals surface area (Å²) in [4.78, 5) is 23.6. The summed E-state index contributed by atoms with van der Waals surface area (Å²) in [6, 6.07) is 0. The molecular formula is C18H39N2NaO6S. The number of hydrogen-bond acceptors (Lipinski definition) is 5. The minimum atomic E-state index is -3.80. The van der Waals surface area contributed by atoms with Gasteiger partial charge in [0.25, 0.3) is 10.1 Å². The first-order valence-electron chi connectivity index (χ1n) is 9.75. The Morgan fingerprint density at radius 3 is 1.75 bits per heavy atom. The standard InChI is InChI=1S/C16H31NO3.C2H7NO3S.Na.H/c1-3-4-5-6-7-8-9-10-11-12-15(18)17(2)14-13-16(19)20;3-1-2-7(4,5)6;;/h3-14H2,1-2H3,(H,19,20);1-3H2,(H,4,5,6);;. The molecule has 164 valence electrons. The summed E-state index contributed by atoms with van der Waals surface area (Å²) in [5.74, 6) is -1.14. The topological polar surface area (TPSA) is 138 Å². The molecule has 0 saturated heterocycles. The van der Waals surface area contributed by atoms with Crippen molar-refractivity contribution >= 4 is 51.6 Å². The number of unbranched alkanes of at least 4 members (excludes halogenated alkanes) is 8. The predicted molar refractivity (Wildman–Crippen MR) is 114 cm³/mol. The Balaban J connectivity index is -0.000000665. The molecule has 0 rings (SSSR count). The van der Waals surface area contributed by atoms with Crippen LogP contribution in [-0.2, 0) is 19.7 Å². The molecule has 0 atom stereocenters. The van der Waals surface area contributed by atoms with Crippen molar-refractivity contribution < 1.29 is 27.7 Å². The van der Waals surface area contributed by atoms with Gasteiger partial charge in [-0.05, 0) is 6.42 Å². The van der Waals surface area contributed by atoms with Crippen LogP contribution < -0.4 is 5.73 Å². The normalized spacial score (nSPS) is 10.4. The van der Waals surface area contributed by atoms with Crippen molar-refractivity contribution in [3.63, 3.8) is 0 Å². The molecule has 0 saturated carbocycles. The van der Waals surface area contributed by atoms with Gasteiger partial charge in [0.15, 0.2) is 0 Å². The Labute approximate surface area is 192 Å². The van der Waals surface area contributed by atoms with Crippen molar-refractivity contribution in [2.24, 2.45) is 5.73 Å². The van der Waals surface area contributed by atoms with Gasteiger partial charge in [-0.15, -0.1) is 0 Å². The van der Waals surface area contributed by atoms with Crippen LogP contribution in [-0.4, -0.2) is 90.3 Å². The zero-order valence-corrected chi connectivity index (χ0v) is 17.7. The molecule has 28 heavy (non-hydrogen) atoms. The Hall–Kier alpha value is -0.190. The quantitative estimate of drug-likeness (QED) is 0.204. The van der Waals surface area contributed by atoms with Crippen LogP contribution in [0.5, 0.6) is 0 Å². The predicted octanol–water partition coefficient (Wildman–Crippen LogP) is 2.02. The number of carboxylic acids is 1. The molecule has 0 aromatic rings. The molecule has 0 aliphatic carbocycles. The molecule has 0 fully saturated rings. The van der Waals surface area contributed by atoms with E-state index in [1.807, 2.05) is 0 Å². The van der Waals surface area contributed by atoms with Crippen LogP contribution in [0, 0.1) is 0 Å². The summed E-state index contributed by atoms with van der Waals surface area (Å²) in [6.45, 7) is 2.51. The Kier molecular flexibility index (Phi) is 25.0. The van der Waals surface area contributed by atoms with Crippen LogP contribution in [0.1, 0.15) is 77.6 Å². The molecule has 8 nitrogen and oxygen atoms in total. The number of carboxylic acid groups (broad SMARTS) is 1. The number of amides is 1. The van der Waals surface area contributed by atoms with E-state index in [2.05, 4.69) is 6.92 Å². The fourth-order valence-electron chi connectivity index (χ4n) is 2.31. The minimum absolute atomic E-state index is 0. The third-order valence-corrected chi connectivity index (χ3v) is 4.71. The molecule has 0 aromatic carbocycles. The van der Waals surface area contributed by atoms with Gasteiger partial charge in [0.05, 0.1) is 12.2 Å². The van der Waals surface area contributed by atoms with Gasteiger partial charge in [0.1, 0.15) is 0 Å². The van der Waals surface area contributed by atoms with Gasteiger partial charge in [0, 0.05) is 26.6 Å². The van der Waals surface area contributed by atoms with E-state index in [1.54, 1.807) is 7.05 Å². The van der Waals surface area contributed by atoms with Crippen LogP contribution in [0.4, 0.5) is 0 Å². The van der Waals surface area contributed by atoms with Crippen LogP contribution in [0.2, 0.25) is 0 Å². The third kappa shape index (κ3) is 28.0. The molecule has 0 heterocycles. The van der Waals surface area contributed by atoms with E-state index in [-0.39, 0.29) is 54.2 Å². The summed E-state index contributed by atoms with van der Waals surface area (Å²) in [7, 11) is -2.12. The number of hydrogen-bond donors (Lipinski definition) is 3. The summed E-state index contributed by atoms with van der Waals surface area (Å²) in [6.07, 6.45) is 11.7. The van der Waals surface area contributed by atoms with Crippen LogP contribution in [0.25, 0.3) is 0 Å². The molecule has 0 aliphatic heterocycles. The SMILES string of the molecule is CCCCCCCCCCCC(=O)N(C)CCC(=O)O.NCCS(=O)(=O)O.[NaH]. The molecule has 0 bridgehead atoms. The van der Waals surface area contributed by atoms with E-state index in [9.17, 15) is 18.0 Å². The van der Waals surface area contributed by atoms with E-state index < -0.39 is 16.1 Å². The molecule has 0 radical (unpaired) electrons. The van der Waals surface area contributed by atoms with Crippen LogP contribution in [0.3, 0.4) is 0 Å². The number of nitrogens with two attached hydrogens (primary N) is 1. The van der Waals surface area contributed by atoms with Crippen molar-refractivity contribution in [1.82, 2.24) is 4.90 Å². The number of nitrogens with zero attached hydrogens (tertiary/aromatic N) is 1. The Morgan fingerprint density at radius 2 is 1.39 bits per heavy atom. The maximum atomic E-state index is 11.7. The second-order valence-electron chi connectivity index (χ2n) is 6.61. The number of carbonyl (C=O) groups excluding carboxylic acids is 1. The average Bonchev–Trinajstić information content (AvgIpc) is 2.57. The van der Waals surface area contributed by atoms with E-state index in [0.29, 0.717) is 13.0 Å². The zero-order chi connectivity index (χ0) is 21.1. The maximum absolute atomic E-state index is 11.7. The average molecular weight is 435 g/mol. The monoisotopic (exact) mass is 434 g/mol. The molecule has 4 N–H and O–H groups in total. The first-order valence-corrected chi connectivity index (χ1v) is 11.4. The molecule has 0 unspecified atom stereocenters. The number of aliphatic carboxylic acids is 1. The van der Waals surface area contributed by atoms with Gasteiger partial charge in [-0.25, -0.2) is 0 Å². The Morgan fingerprint density at radius 1 is 0.929 bits per heavy atom. The second kappa shape index (κ2) is 21.5. The van der Waals surface area contributed by atoms with Gasteiger partial charge < -0.3 is 15.7 Å².